The van der Waals surface area contributed by atoms with E-state index in [4.69, 9.17) is 5.73 Å². The van der Waals surface area contributed by atoms with E-state index in [1.54, 1.807) is 12.1 Å². The molecule has 1 heterocycles. The van der Waals surface area contributed by atoms with Crippen molar-refractivity contribution in [1.82, 2.24) is 4.90 Å². The van der Waals surface area contributed by atoms with Gasteiger partial charge in [-0.3, -0.25) is 4.90 Å². The largest absolute Gasteiger partial charge is 0.508 e. The number of benzene rings is 1. The molecule has 106 valence electrons. The van der Waals surface area contributed by atoms with Gasteiger partial charge in [0.05, 0.1) is 0 Å². The Bertz CT molecular complexity index is 414. The zero-order chi connectivity index (χ0) is 14.0. The summed E-state index contributed by atoms with van der Waals surface area (Å²) in [6.45, 7) is 5.17. The second kappa shape index (κ2) is 5.80. The molecule has 0 amide bonds. The minimum atomic E-state index is 0.108. The lowest BCUT2D eigenvalue weighted by Crippen LogP contribution is -2.49. The van der Waals surface area contributed by atoms with Gasteiger partial charge in [0, 0.05) is 24.2 Å². The summed E-state index contributed by atoms with van der Waals surface area (Å²) in [6.07, 6.45) is 3.52. The number of hydrogen-bond donors (Lipinski definition) is 3. The van der Waals surface area contributed by atoms with Gasteiger partial charge >= 0.3 is 0 Å². The molecule has 4 N–H and O–H groups in total. The van der Waals surface area contributed by atoms with E-state index in [1.807, 2.05) is 0 Å². The van der Waals surface area contributed by atoms with Crippen molar-refractivity contribution in [2.24, 2.45) is 5.73 Å². The molecule has 3 unspecified atom stereocenters. The van der Waals surface area contributed by atoms with Crippen LogP contribution in [0.3, 0.4) is 0 Å². The molecule has 1 aromatic carbocycles. The third kappa shape index (κ3) is 3.19. The summed E-state index contributed by atoms with van der Waals surface area (Å²) in [5, 5.41) is 19.2. The second-order valence-electron chi connectivity index (χ2n) is 5.62. The summed E-state index contributed by atoms with van der Waals surface area (Å²) in [4.78, 5) is 2.39. The van der Waals surface area contributed by atoms with Gasteiger partial charge < -0.3 is 15.9 Å². The molecule has 1 aromatic rings. The minimum absolute atomic E-state index is 0.108. The smallest absolute Gasteiger partial charge is 0.119 e. The molecule has 0 radical (unpaired) electrons. The summed E-state index contributed by atoms with van der Waals surface area (Å²) in [5.41, 5.74) is 7.03. The molecule has 0 aliphatic carbocycles. The summed E-state index contributed by atoms with van der Waals surface area (Å²) >= 11 is 0. The normalized spacial score (nSPS) is 24.1. The fraction of sp³-hybridized carbons (Fsp3) is 0.600. The number of phenols is 2. The Labute approximate surface area is 114 Å². The van der Waals surface area contributed by atoms with Crippen LogP contribution in [0.4, 0.5) is 0 Å². The van der Waals surface area contributed by atoms with E-state index in [0.717, 1.165) is 18.5 Å². The molecule has 0 aromatic heterocycles. The van der Waals surface area contributed by atoms with Crippen LogP contribution < -0.4 is 5.73 Å². The SMILES string of the molecule is CC(N)C1CCCCN1C(C)c1cc(O)cc(O)c1. The zero-order valence-corrected chi connectivity index (χ0v) is 11.7. The standard InChI is InChI=1S/C15H24N2O2/c1-10(16)15-5-3-4-6-17(15)11(2)12-7-13(18)9-14(19)8-12/h7-11,15,18-19H,3-6,16H2,1-2H3. The molecule has 1 aliphatic heterocycles. The summed E-state index contributed by atoms with van der Waals surface area (Å²) < 4.78 is 0. The number of phenolic OH excluding ortho intramolecular Hbond substituents is 2. The Morgan fingerprint density at radius 2 is 1.79 bits per heavy atom. The highest BCUT2D eigenvalue weighted by Crippen LogP contribution is 2.32. The van der Waals surface area contributed by atoms with Crippen molar-refractivity contribution in [2.75, 3.05) is 6.54 Å². The van der Waals surface area contributed by atoms with Gasteiger partial charge in [-0.15, -0.1) is 0 Å². The molecule has 0 spiro atoms. The lowest BCUT2D eigenvalue weighted by Gasteiger charge is -2.42. The fourth-order valence-electron chi connectivity index (χ4n) is 3.08. The van der Waals surface area contributed by atoms with Gasteiger partial charge in [0.15, 0.2) is 0 Å². The van der Waals surface area contributed by atoms with Gasteiger partial charge in [-0.1, -0.05) is 6.42 Å². The van der Waals surface area contributed by atoms with E-state index >= 15 is 0 Å². The molecule has 4 heteroatoms. The first-order valence-corrected chi connectivity index (χ1v) is 7.03. The van der Waals surface area contributed by atoms with Gasteiger partial charge in [0.2, 0.25) is 0 Å². The maximum absolute atomic E-state index is 9.61. The highest BCUT2D eigenvalue weighted by molar-refractivity contribution is 5.38. The molecule has 2 rings (SSSR count). The number of nitrogens with two attached hydrogens (primary N) is 1. The Hall–Kier alpha value is -1.26. The number of aromatic hydroxyl groups is 2. The summed E-state index contributed by atoms with van der Waals surface area (Å²) in [7, 11) is 0. The average molecular weight is 264 g/mol. The van der Waals surface area contributed by atoms with Crippen molar-refractivity contribution in [3.8, 4) is 11.5 Å². The van der Waals surface area contributed by atoms with Crippen LogP contribution >= 0.6 is 0 Å². The lowest BCUT2D eigenvalue weighted by atomic mass is 9.93. The number of likely N-dealkylation sites (tertiary alicyclic amines) is 1. The predicted octanol–water partition coefficient (Wildman–Crippen LogP) is 2.36. The van der Waals surface area contributed by atoms with Crippen LogP contribution in [0.1, 0.15) is 44.7 Å². The zero-order valence-electron chi connectivity index (χ0n) is 11.7. The number of nitrogens with zero attached hydrogens (tertiary/aromatic N) is 1. The number of hydrogen-bond acceptors (Lipinski definition) is 4. The fourth-order valence-corrected chi connectivity index (χ4v) is 3.08. The van der Waals surface area contributed by atoms with Gasteiger partial charge in [0.25, 0.3) is 0 Å². The lowest BCUT2D eigenvalue weighted by molar-refractivity contribution is 0.0888. The minimum Gasteiger partial charge on any atom is -0.508 e. The maximum atomic E-state index is 9.61. The topological polar surface area (TPSA) is 69.7 Å². The van der Waals surface area contributed by atoms with E-state index in [0.29, 0.717) is 6.04 Å². The number of rotatable bonds is 3. The number of piperidine rings is 1. The summed E-state index contributed by atoms with van der Waals surface area (Å²) in [6, 6.07) is 5.44. The first-order chi connectivity index (χ1) is 8.99. The van der Waals surface area contributed by atoms with Crippen molar-refractivity contribution in [1.29, 1.82) is 0 Å². The third-order valence-electron chi connectivity index (χ3n) is 4.10. The Morgan fingerprint density at radius 1 is 1.16 bits per heavy atom. The van der Waals surface area contributed by atoms with Crippen LogP contribution in [0.15, 0.2) is 18.2 Å². The highest BCUT2D eigenvalue weighted by atomic mass is 16.3. The molecule has 0 bridgehead atoms. The molecule has 1 fully saturated rings. The maximum Gasteiger partial charge on any atom is 0.119 e. The van der Waals surface area contributed by atoms with E-state index in [-0.39, 0.29) is 23.6 Å². The average Bonchev–Trinajstić information content (AvgIpc) is 2.36. The monoisotopic (exact) mass is 264 g/mol. The first kappa shape index (κ1) is 14.2. The van der Waals surface area contributed by atoms with Crippen LogP contribution in [0.2, 0.25) is 0 Å². The molecule has 1 aliphatic rings. The molecule has 19 heavy (non-hydrogen) atoms. The van der Waals surface area contributed by atoms with Crippen LogP contribution in [-0.4, -0.2) is 33.7 Å². The van der Waals surface area contributed by atoms with Crippen molar-refractivity contribution < 1.29 is 10.2 Å². The molecular weight excluding hydrogens is 240 g/mol. The Balaban J connectivity index is 2.23. The Kier molecular flexibility index (Phi) is 4.32. The van der Waals surface area contributed by atoms with Crippen LogP contribution in [-0.2, 0) is 0 Å². The third-order valence-corrected chi connectivity index (χ3v) is 4.10. The van der Waals surface area contributed by atoms with Crippen molar-refractivity contribution >= 4 is 0 Å². The predicted molar refractivity (Wildman–Crippen MR) is 76.2 cm³/mol. The highest BCUT2D eigenvalue weighted by Gasteiger charge is 2.29. The van der Waals surface area contributed by atoms with E-state index in [2.05, 4.69) is 18.7 Å². The van der Waals surface area contributed by atoms with Crippen LogP contribution in [0.25, 0.3) is 0 Å². The molecule has 1 saturated heterocycles. The van der Waals surface area contributed by atoms with Gasteiger partial charge in [-0.2, -0.15) is 0 Å². The Morgan fingerprint density at radius 3 is 2.37 bits per heavy atom. The van der Waals surface area contributed by atoms with E-state index in [1.165, 1.54) is 18.9 Å². The second-order valence-corrected chi connectivity index (χ2v) is 5.62. The van der Waals surface area contributed by atoms with E-state index < -0.39 is 0 Å². The van der Waals surface area contributed by atoms with Gasteiger partial charge in [-0.25, -0.2) is 0 Å². The quantitative estimate of drug-likeness (QED) is 0.784. The van der Waals surface area contributed by atoms with Gasteiger partial charge in [0.1, 0.15) is 11.5 Å². The molecule has 4 nitrogen and oxygen atoms in total. The molecular formula is C15H24N2O2. The molecule has 3 atom stereocenters. The van der Waals surface area contributed by atoms with Gasteiger partial charge in [-0.05, 0) is 50.9 Å². The van der Waals surface area contributed by atoms with E-state index in [9.17, 15) is 10.2 Å². The van der Waals surface area contributed by atoms with Crippen LogP contribution in [0.5, 0.6) is 11.5 Å². The first-order valence-electron chi connectivity index (χ1n) is 7.03. The van der Waals surface area contributed by atoms with Crippen molar-refractivity contribution in [3.05, 3.63) is 23.8 Å². The van der Waals surface area contributed by atoms with Crippen molar-refractivity contribution in [3.63, 3.8) is 0 Å². The van der Waals surface area contributed by atoms with Crippen LogP contribution in [0, 0.1) is 0 Å². The van der Waals surface area contributed by atoms with Crippen molar-refractivity contribution in [2.45, 2.75) is 51.2 Å². The molecule has 0 saturated carbocycles. The summed E-state index contributed by atoms with van der Waals surface area (Å²) in [5.74, 6) is 0.215.